The van der Waals surface area contributed by atoms with Gasteiger partial charge >= 0.3 is 0 Å². The zero-order valence-electron chi connectivity index (χ0n) is 14.7. The number of fused-ring (bicyclic) bond motifs is 1. The van der Waals surface area contributed by atoms with Gasteiger partial charge in [0, 0.05) is 10.9 Å². The van der Waals surface area contributed by atoms with Crippen LogP contribution in [0.25, 0.3) is 0 Å². The number of hydrogen-bond donors (Lipinski definition) is 0. The van der Waals surface area contributed by atoms with Gasteiger partial charge in [0.1, 0.15) is 24.2 Å². The molecule has 0 saturated heterocycles. The van der Waals surface area contributed by atoms with Gasteiger partial charge in [0.15, 0.2) is 0 Å². The van der Waals surface area contributed by atoms with Crippen molar-refractivity contribution in [1.29, 1.82) is 0 Å². The molecule has 1 atom stereocenters. The van der Waals surface area contributed by atoms with Crippen LogP contribution < -0.4 is 9.47 Å². The fourth-order valence-corrected chi connectivity index (χ4v) is 3.70. The quantitative estimate of drug-likeness (QED) is 0.536. The lowest BCUT2D eigenvalue weighted by Crippen LogP contribution is -2.22. The number of halogens is 1. The summed E-state index contributed by atoms with van der Waals surface area (Å²) >= 11 is 3.55. The maximum Gasteiger partial charge on any atom is 0.137 e. The van der Waals surface area contributed by atoms with E-state index < -0.39 is 0 Å². The molecule has 3 heteroatoms. The van der Waals surface area contributed by atoms with Crippen molar-refractivity contribution in [3.8, 4) is 11.5 Å². The molecule has 0 saturated carbocycles. The monoisotopic (exact) mass is 408 g/mol. The van der Waals surface area contributed by atoms with Crippen LogP contribution in [0, 0.1) is 6.92 Å². The van der Waals surface area contributed by atoms with Gasteiger partial charge in [-0.2, -0.15) is 0 Å². The average Bonchev–Trinajstić information content (AvgIpc) is 3.07. The summed E-state index contributed by atoms with van der Waals surface area (Å²) in [5, 5.41) is 0. The van der Waals surface area contributed by atoms with Crippen LogP contribution in [0.5, 0.6) is 11.5 Å². The number of ether oxygens (including phenoxy) is 2. The maximum absolute atomic E-state index is 5.94. The van der Waals surface area contributed by atoms with Gasteiger partial charge in [0.2, 0.25) is 0 Å². The summed E-state index contributed by atoms with van der Waals surface area (Å²) in [7, 11) is 0. The first-order valence-electron chi connectivity index (χ1n) is 8.89. The molecule has 4 rings (SSSR count). The second-order valence-electron chi connectivity index (χ2n) is 6.75. The Morgan fingerprint density at radius 1 is 1.04 bits per heavy atom. The first-order valence-corrected chi connectivity index (χ1v) is 9.68. The summed E-state index contributed by atoms with van der Waals surface area (Å²) in [6, 6.07) is 23.0. The number of hydrogen-bond acceptors (Lipinski definition) is 2. The molecular formula is C23H21BrO2. The van der Waals surface area contributed by atoms with E-state index in [0.717, 1.165) is 28.8 Å². The Hall–Kier alpha value is -2.26. The van der Waals surface area contributed by atoms with E-state index in [9.17, 15) is 0 Å². The molecule has 0 fully saturated rings. The van der Waals surface area contributed by atoms with Gasteiger partial charge in [0.25, 0.3) is 0 Å². The highest BCUT2D eigenvalue weighted by Crippen LogP contribution is 2.28. The maximum atomic E-state index is 5.94. The summed E-state index contributed by atoms with van der Waals surface area (Å²) in [5.74, 6) is 1.88. The molecule has 1 heterocycles. The van der Waals surface area contributed by atoms with Crippen LogP contribution in [0.15, 0.2) is 71.2 Å². The van der Waals surface area contributed by atoms with Crippen molar-refractivity contribution >= 4 is 15.9 Å². The van der Waals surface area contributed by atoms with Crippen molar-refractivity contribution in [2.75, 3.05) is 6.61 Å². The largest absolute Gasteiger partial charge is 0.490 e. The normalized spacial score (nSPS) is 15.4. The molecule has 1 aliphatic rings. The van der Waals surface area contributed by atoms with Crippen LogP contribution in [0.1, 0.15) is 22.3 Å². The van der Waals surface area contributed by atoms with Crippen LogP contribution in [0.2, 0.25) is 0 Å². The topological polar surface area (TPSA) is 18.5 Å². The zero-order valence-corrected chi connectivity index (χ0v) is 16.3. The minimum Gasteiger partial charge on any atom is -0.490 e. The Labute approximate surface area is 162 Å². The Balaban J connectivity index is 1.34. The van der Waals surface area contributed by atoms with Gasteiger partial charge in [-0.15, -0.1) is 0 Å². The molecule has 3 aromatic rings. The molecule has 0 unspecified atom stereocenters. The Morgan fingerprint density at radius 3 is 2.65 bits per heavy atom. The molecule has 26 heavy (non-hydrogen) atoms. The van der Waals surface area contributed by atoms with E-state index in [2.05, 4.69) is 65.3 Å². The van der Waals surface area contributed by atoms with E-state index in [1.807, 2.05) is 24.3 Å². The summed E-state index contributed by atoms with van der Waals surface area (Å²) in [4.78, 5) is 0. The van der Waals surface area contributed by atoms with Crippen molar-refractivity contribution in [2.45, 2.75) is 25.9 Å². The molecule has 0 radical (unpaired) electrons. The standard InChI is InChI=1S/C23H21BrO2/c1-16-6-9-20(24)13-19(16)12-17-7-10-21(11-8-17)25-15-22-14-18-4-2-3-5-23(18)26-22/h2-11,13,22H,12,14-15H2,1H3/t22-/m0/s1. The third kappa shape index (κ3) is 3.94. The Kier molecular flexibility index (Phi) is 4.98. The zero-order chi connectivity index (χ0) is 17.9. The van der Waals surface area contributed by atoms with Gasteiger partial charge in [-0.1, -0.05) is 52.3 Å². The summed E-state index contributed by atoms with van der Waals surface area (Å²) in [6.07, 6.45) is 1.93. The molecule has 1 aliphatic heterocycles. The number of rotatable bonds is 5. The highest BCUT2D eigenvalue weighted by molar-refractivity contribution is 9.10. The second-order valence-corrected chi connectivity index (χ2v) is 7.67. The fourth-order valence-electron chi connectivity index (χ4n) is 3.29. The van der Waals surface area contributed by atoms with E-state index >= 15 is 0 Å². The summed E-state index contributed by atoms with van der Waals surface area (Å²) in [6.45, 7) is 2.72. The molecular weight excluding hydrogens is 388 g/mol. The Morgan fingerprint density at radius 2 is 1.85 bits per heavy atom. The van der Waals surface area contributed by atoms with Gasteiger partial charge in [-0.05, 0) is 65.9 Å². The predicted octanol–water partition coefficient (Wildman–Crippen LogP) is 5.73. The Bertz CT molecular complexity index is 877. The van der Waals surface area contributed by atoms with Crippen molar-refractivity contribution < 1.29 is 9.47 Å². The van der Waals surface area contributed by atoms with E-state index in [4.69, 9.17) is 9.47 Å². The van der Waals surface area contributed by atoms with Crippen LogP contribution in [-0.4, -0.2) is 12.7 Å². The van der Waals surface area contributed by atoms with Crippen LogP contribution >= 0.6 is 15.9 Å². The van der Waals surface area contributed by atoms with E-state index in [1.54, 1.807) is 0 Å². The molecule has 0 aromatic heterocycles. The summed E-state index contributed by atoms with van der Waals surface area (Å²) in [5.41, 5.74) is 5.19. The molecule has 0 amide bonds. The van der Waals surface area contributed by atoms with Crippen molar-refractivity contribution in [3.63, 3.8) is 0 Å². The molecule has 0 bridgehead atoms. The minimum atomic E-state index is 0.0939. The SMILES string of the molecule is Cc1ccc(Br)cc1Cc1ccc(OC[C@@H]2Cc3ccccc3O2)cc1. The lowest BCUT2D eigenvalue weighted by Gasteiger charge is -2.13. The molecule has 0 N–H and O–H groups in total. The first-order chi connectivity index (χ1) is 12.7. The molecule has 0 aliphatic carbocycles. The number of aryl methyl sites for hydroxylation is 1. The van der Waals surface area contributed by atoms with Crippen LogP contribution in [-0.2, 0) is 12.8 Å². The van der Waals surface area contributed by atoms with Gasteiger partial charge in [-0.25, -0.2) is 0 Å². The molecule has 132 valence electrons. The van der Waals surface area contributed by atoms with E-state index in [1.165, 1.54) is 22.3 Å². The third-order valence-electron chi connectivity index (χ3n) is 4.78. The molecule has 2 nitrogen and oxygen atoms in total. The van der Waals surface area contributed by atoms with Crippen molar-refractivity contribution in [3.05, 3.63) is 93.5 Å². The lowest BCUT2D eigenvalue weighted by molar-refractivity contribution is 0.148. The average molecular weight is 409 g/mol. The predicted molar refractivity (Wildman–Crippen MR) is 108 cm³/mol. The van der Waals surface area contributed by atoms with Crippen molar-refractivity contribution in [2.24, 2.45) is 0 Å². The van der Waals surface area contributed by atoms with E-state index in [0.29, 0.717) is 6.61 Å². The van der Waals surface area contributed by atoms with E-state index in [-0.39, 0.29) is 6.10 Å². The summed E-state index contributed by atoms with van der Waals surface area (Å²) < 4.78 is 13.0. The minimum absolute atomic E-state index is 0.0939. The molecule has 3 aromatic carbocycles. The number of para-hydroxylation sites is 1. The van der Waals surface area contributed by atoms with Crippen molar-refractivity contribution in [1.82, 2.24) is 0 Å². The van der Waals surface area contributed by atoms with Gasteiger partial charge < -0.3 is 9.47 Å². The second kappa shape index (κ2) is 7.55. The smallest absolute Gasteiger partial charge is 0.137 e. The van der Waals surface area contributed by atoms with Gasteiger partial charge in [0.05, 0.1) is 0 Å². The first kappa shape index (κ1) is 17.2. The van der Waals surface area contributed by atoms with Gasteiger partial charge in [-0.3, -0.25) is 0 Å². The third-order valence-corrected chi connectivity index (χ3v) is 5.27. The molecule has 0 spiro atoms. The highest BCUT2D eigenvalue weighted by Gasteiger charge is 2.22. The number of benzene rings is 3. The lowest BCUT2D eigenvalue weighted by atomic mass is 10.0. The van der Waals surface area contributed by atoms with Crippen LogP contribution in [0.4, 0.5) is 0 Å². The fraction of sp³-hybridized carbons (Fsp3) is 0.217. The van der Waals surface area contributed by atoms with Crippen LogP contribution in [0.3, 0.4) is 0 Å². The highest BCUT2D eigenvalue weighted by atomic mass is 79.9.